The maximum atomic E-state index is 12.7. The molecule has 26 heavy (non-hydrogen) atoms. The summed E-state index contributed by atoms with van der Waals surface area (Å²) in [5.74, 6) is -0.271. The molecule has 1 atom stereocenters. The highest BCUT2D eigenvalue weighted by molar-refractivity contribution is 7.92. The van der Waals surface area contributed by atoms with Gasteiger partial charge in [-0.1, -0.05) is 19.1 Å². The summed E-state index contributed by atoms with van der Waals surface area (Å²) in [6.07, 6.45) is 1.53. The first-order chi connectivity index (χ1) is 12.3. The smallest absolute Gasteiger partial charge is 0.243 e. The van der Waals surface area contributed by atoms with E-state index in [0.29, 0.717) is 31.9 Å². The first kappa shape index (κ1) is 20.7. The number of aryl methyl sites for hydroxylation is 1. The Morgan fingerprint density at radius 3 is 2.62 bits per heavy atom. The number of morpholine rings is 1. The van der Waals surface area contributed by atoms with Gasteiger partial charge in [-0.2, -0.15) is 0 Å². The Bertz CT molecular complexity index is 702. The average Bonchev–Trinajstić information content (AvgIpc) is 2.59. The molecule has 1 aromatic rings. The number of benzene rings is 1. The number of ether oxygens (including phenoxy) is 1. The molecule has 1 aliphatic rings. The van der Waals surface area contributed by atoms with Crippen molar-refractivity contribution in [3.63, 3.8) is 0 Å². The summed E-state index contributed by atoms with van der Waals surface area (Å²) in [5.41, 5.74) is 1.46. The molecule has 1 saturated heterocycles. The zero-order chi connectivity index (χ0) is 19.2. The zero-order valence-corrected chi connectivity index (χ0v) is 16.6. The van der Waals surface area contributed by atoms with Gasteiger partial charge in [-0.25, -0.2) is 8.42 Å². The third-order valence-corrected chi connectivity index (χ3v) is 5.60. The second-order valence-electron chi connectivity index (χ2n) is 6.57. The van der Waals surface area contributed by atoms with Crippen molar-refractivity contribution >= 4 is 21.6 Å². The van der Waals surface area contributed by atoms with Crippen molar-refractivity contribution < 1.29 is 17.9 Å². The molecular weight excluding hydrogens is 354 g/mol. The molecule has 0 aromatic heterocycles. The van der Waals surface area contributed by atoms with Crippen molar-refractivity contribution in [2.75, 3.05) is 50.0 Å². The first-order valence-corrected chi connectivity index (χ1v) is 10.8. The van der Waals surface area contributed by atoms with Gasteiger partial charge in [-0.05, 0) is 31.0 Å². The maximum absolute atomic E-state index is 12.7. The number of nitrogens with zero attached hydrogens (tertiary/aromatic N) is 2. The minimum Gasteiger partial charge on any atom is -0.379 e. The summed E-state index contributed by atoms with van der Waals surface area (Å²) in [6, 6.07) is 6.43. The van der Waals surface area contributed by atoms with E-state index in [1.807, 2.05) is 19.9 Å². The van der Waals surface area contributed by atoms with Gasteiger partial charge in [0.15, 0.2) is 0 Å². The molecule has 8 heteroatoms. The van der Waals surface area contributed by atoms with Gasteiger partial charge in [0.05, 0.1) is 25.2 Å². The van der Waals surface area contributed by atoms with Gasteiger partial charge in [-0.3, -0.25) is 14.0 Å². The molecule has 1 fully saturated rings. The fraction of sp³-hybridized carbons (Fsp3) is 0.611. The zero-order valence-electron chi connectivity index (χ0n) is 15.8. The Kier molecular flexibility index (Phi) is 7.43. The lowest BCUT2D eigenvalue weighted by atomic mass is 10.1. The molecule has 1 heterocycles. The van der Waals surface area contributed by atoms with Crippen molar-refractivity contribution in [2.24, 2.45) is 0 Å². The van der Waals surface area contributed by atoms with Gasteiger partial charge in [-0.15, -0.1) is 0 Å². The SMILES string of the molecule is CC[C@@H](C(=O)NCCN1CCOCC1)N(c1cccc(C)c1)S(C)(=O)=O. The van der Waals surface area contributed by atoms with Crippen LogP contribution in [0.2, 0.25) is 0 Å². The van der Waals surface area contributed by atoms with E-state index < -0.39 is 16.1 Å². The Morgan fingerprint density at radius 1 is 1.35 bits per heavy atom. The van der Waals surface area contributed by atoms with Crippen molar-refractivity contribution in [2.45, 2.75) is 26.3 Å². The van der Waals surface area contributed by atoms with Crippen LogP contribution in [0.3, 0.4) is 0 Å². The van der Waals surface area contributed by atoms with Crippen LogP contribution in [0.5, 0.6) is 0 Å². The Labute approximate surface area is 156 Å². The number of hydrogen-bond donors (Lipinski definition) is 1. The topological polar surface area (TPSA) is 79.0 Å². The Hall–Kier alpha value is -1.64. The molecule has 7 nitrogen and oxygen atoms in total. The highest BCUT2D eigenvalue weighted by atomic mass is 32.2. The van der Waals surface area contributed by atoms with Crippen molar-refractivity contribution in [3.05, 3.63) is 29.8 Å². The van der Waals surface area contributed by atoms with Gasteiger partial charge < -0.3 is 10.1 Å². The highest BCUT2D eigenvalue weighted by Gasteiger charge is 2.31. The standard InChI is InChI=1S/C18H29N3O4S/c1-4-17(18(22)19-8-9-20-10-12-25-13-11-20)21(26(3,23)24)16-7-5-6-15(2)14-16/h5-7,14,17H,4,8-13H2,1-3H3,(H,19,22)/t17-/m0/s1. The van der Waals surface area contributed by atoms with Crippen LogP contribution < -0.4 is 9.62 Å². The molecule has 1 N–H and O–H groups in total. The van der Waals surface area contributed by atoms with E-state index in [1.54, 1.807) is 18.2 Å². The molecule has 0 radical (unpaired) electrons. The molecular formula is C18H29N3O4S. The van der Waals surface area contributed by atoms with Crippen LogP contribution in [0.1, 0.15) is 18.9 Å². The lowest BCUT2D eigenvalue weighted by Gasteiger charge is -2.31. The highest BCUT2D eigenvalue weighted by Crippen LogP contribution is 2.23. The summed E-state index contributed by atoms with van der Waals surface area (Å²) in [6.45, 7) is 8.06. The van der Waals surface area contributed by atoms with Crippen LogP contribution in [-0.4, -0.2) is 70.9 Å². The van der Waals surface area contributed by atoms with Crippen LogP contribution in [0.25, 0.3) is 0 Å². The van der Waals surface area contributed by atoms with Crippen LogP contribution in [0, 0.1) is 6.92 Å². The predicted octanol–water partition coefficient (Wildman–Crippen LogP) is 0.988. The van der Waals surface area contributed by atoms with Gasteiger partial charge in [0, 0.05) is 26.2 Å². The summed E-state index contributed by atoms with van der Waals surface area (Å²) >= 11 is 0. The third-order valence-electron chi connectivity index (χ3n) is 4.42. The summed E-state index contributed by atoms with van der Waals surface area (Å²) in [4.78, 5) is 14.9. The molecule has 0 aliphatic carbocycles. The number of carbonyl (C=O) groups is 1. The fourth-order valence-corrected chi connectivity index (χ4v) is 4.31. The summed E-state index contributed by atoms with van der Waals surface area (Å²) < 4.78 is 31.3. The summed E-state index contributed by atoms with van der Waals surface area (Å²) in [7, 11) is -3.59. The van der Waals surface area contributed by atoms with E-state index in [2.05, 4.69) is 10.2 Å². The van der Waals surface area contributed by atoms with E-state index in [-0.39, 0.29) is 5.91 Å². The molecule has 2 rings (SSSR count). The summed E-state index contributed by atoms with van der Waals surface area (Å²) in [5, 5.41) is 2.89. The van der Waals surface area contributed by atoms with E-state index >= 15 is 0 Å². The third kappa shape index (κ3) is 5.69. The molecule has 0 bridgehead atoms. The number of carbonyl (C=O) groups excluding carboxylic acids is 1. The second-order valence-corrected chi connectivity index (χ2v) is 8.43. The largest absolute Gasteiger partial charge is 0.379 e. The molecule has 1 aromatic carbocycles. The number of rotatable bonds is 8. The number of sulfonamides is 1. The number of amides is 1. The maximum Gasteiger partial charge on any atom is 0.243 e. The van der Waals surface area contributed by atoms with E-state index in [9.17, 15) is 13.2 Å². The normalized spacial score (nSPS) is 16.9. The van der Waals surface area contributed by atoms with Crippen molar-refractivity contribution in [1.29, 1.82) is 0 Å². The van der Waals surface area contributed by atoms with Crippen LogP contribution >= 0.6 is 0 Å². The first-order valence-electron chi connectivity index (χ1n) is 8.97. The molecule has 0 unspecified atom stereocenters. The van der Waals surface area contributed by atoms with Gasteiger partial charge >= 0.3 is 0 Å². The lowest BCUT2D eigenvalue weighted by Crippen LogP contribution is -2.50. The van der Waals surface area contributed by atoms with Gasteiger partial charge in [0.25, 0.3) is 0 Å². The minimum atomic E-state index is -3.59. The van der Waals surface area contributed by atoms with Crippen LogP contribution in [-0.2, 0) is 19.6 Å². The monoisotopic (exact) mass is 383 g/mol. The van der Waals surface area contributed by atoms with E-state index in [4.69, 9.17) is 4.74 Å². The number of hydrogen-bond acceptors (Lipinski definition) is 5. The lowest BCUT2D eigenvalue weighted by molar-refractivity contribution is -0.122. The number of nitrogens with one attached hydrogen (secondary N) is 1. The quantitative estimate of drug-likeness (QED) is 0.724. The second kappa shape index (κ2) is 9.34. The number of anilines is 1. The van der Waals surface area contributed by atoms with Gasteiger partial charge in [0.1, 0.15) is 6.04 Å². The molecule has 0 saturated carbocycles. The minimum absolute atomic E-state index is 0.271. The molecule has 0 spiro atoms. The Balaban J connectivity index is 2.07. The Morgan fingerprint density at radius 2 is 2.04 bits per heavy atom. The molecule has 1 amide bonds. The fourth-order valence-electron chi connectivity index (χ4n) is 3.11. The molecule has 1 aliphatic heterocycles. The van der Waals surface area contributed by atoms with Crippen LogP contribution in [0.15, 0.2) is 24.3 Å². The molecule has 146 valence electrons. The van der Waals surface area contributed by atoms with Gasteiger partial charge in [0.2, 0.25) is 15.9 Å². The van der Waals surface area contributed by atoms with Crippen LogP contribution in [0.4, 0.5) is 5.69 Å². The van der Waals surface area contributed by atoms with E-state index in [0.717, 1.165) is 31.5 Å². The van der Waals surface area contributed by atoms with Crippen molar-refractivity contribution in [3.8, 4) is 0 Å². The predicted molar refractivity (Wildman–Crippen MR) is 103 cm³/mol. The average molecular weight is 384 g/mol. The van der Waals surface area contributed by atoms with E-state index in [1.165, 1.54) is 4.31 Å². The van der Waals surface area contributed by atoms with Crippen molar-refractivity contribution in [1.82, 2.24) is 10.2 Å².